The van der Waals surface area contributed by atoms with E-state index in [9.17, 15) is 0 Å². The van der Waals surface area contributed by atoms with E-state index in [0.29, 0.717) is 0 Å². The van der Waals surface area contributed by atoms with Crippen molar-refractivity contribution in [1.29, 1.82) is 0 Å². The van der Waals surface area contributed by atoms with Crippen LogP contribution < -0.4 is 0 Å². The van der Waals surface area contributed by atoms with E-state index >= 15 is 0 Å². The van der Waals surface area contributed by atoms with Gasteiger partial charge in [0, 0.05) is 127 Å². The monoisotopic (exact) mass is 1820 g/mol. The molecule has 26 aromatic rings. The second-order valence-electron chi connectivity index (χ2n) is 35.3. The van der Waals surface area contributed by atoms with Gasteiger partial charge >= 0.3 is 0 Å². The molecule has 26 rings (SSSR count). The zero-order chi connectivity index (χ0) is 93.7. The van der Waals surface area contributed by atoms with Gasteiger partial charge in [0.15, 0.2) is 0 Å². The predicted octanol–water partition coefficient (Wildman–Crippen LogP) is 35.0. The maximum absolute atomic E-state index is 4.65. The van der Waals surface area contributed by atoms with Crippen LogP contribution in [-0.4, -0.2) is 39.0 Å². The molecule has 0 amide bonds. The van der Waals surface area contributed by atoms with Crippen LogP contribution in [0.15, 0.2) is 535 Å². The number of para-hydroxylation sites is 3. The molecule has 17 aromatic carbocycles. The van der Waals surface area contributed by atoms with Gasteiger partial charge in [0.2, 0.25) is 0 Å². The molecule has 0 N–H and O–H groups in total. The van der Waals surface area contributed by atoms with Gasteiger partial charge in [0.25, 0.3) is 0 Å². The van der Waals surface area contributed by atoms with E-state index < -0.39 is 0 Å². The molecule has 9 heteroatoms. The molecule has 0 atom stereocenters. The SMILES string of the molecule is c1ccc(-c2c3ccccc3c(-c3ccccc3)c3cc(-c4ccc(-c5cccc(-c6ccccn6)c5)s4)ccc23)cc1.c1ccc(-n2c3ccccc3c3cc(-c4ccc5c(c4)c4ccccc4n5-c4ccccn4)ccc32)cc1.c1cncc(-c2cccc(-c3cc(-c4cccc(-c5cccnc5)c4)cc(-c4cc(-c5cccc(-c6cccnc6)c5)cc(-c5cccc(-c6cccnc6)c5)c4)c3)c2)c1. The number of aromatic nitrogens is 8. The Bertz CT molecular complexity index is 8500. The summed E-state index contributed by atoms with van der Waals surface area (Å²) in [6.07, 6.45) is 18.6. The number of fused-ring (bicyclic) bond motifs is 8. The second-order valence-corrected chi connectivity index (χ2v) is 36.4. The van der Waals surface area contributed by atoms with Crippen LogP contribution in [0, 0.1) is 0 Å². The van der Waals surface area contributed by atoms with Crippen LogP contribution in [0.3, 0.4) is 0 Å². The highest BCUT2D eigenvalue weighted by molar-refractivity contribution is 7.18. The molecule has 0 unspecified atom stereocenters. The third-order valence-corrected chi connectivity index (χ3v) is 27.9. The third kappa shape index (κ3) is 17.3. The van der Waals surface area contributed by atoms with Gasteiger partial charge in [0.1, 0.15) is 5.82 Å². The molecule has 9 aromatic heterocycles. The predicted molar refractivity (Wildman–Crippen MR) is 589 cm³/mol. The lowest BCUT2D eigenvalue weighted by Crippen LogP contribution is -1.96. The fraction of sp³-hybridized carbons (Fsp3) is 0. The van der Waals surface area contributed by atoms with E-state index in [2.05, 4.69) is 464 Å². The molecule has 662 valence electrons. The number of rotatable bonds is 17. The summed E-state index contributed by atoms with van der Waals surface area (Å²) in [5.41, 5.74) is 38.1. The van der Waals surface area contributed by atoms with Crippen molar-refractivity contribution >= 4 is 76.5 Å². The Kier molecular flexibility index (Phi) is 23.2. The van der Waals surface area contributed by atoms with Crippen LogP contribution in [0.1, 0.15) is 0 Å². The van der Waals surface area contributed by atoms with Crippen molar-refractivity contribution in [3.8, 4) is 177 Å². The number of pyridine rings is 6. The lowest BCUT2D eigenvalue weighted by Gasteiger charge is -2.18. The minimum absolute atomic E-state index is 0.932. The Labute approximate surface area is 821 Å². The number of hydrogen-bond donors (Lipinski definition) is 0. The summed E-state index contributed by atoms with van der Waals surface area (Å²) < 4.78 is 4.61. The average Bonchev–Trinajstić information content (AvgIpc) is 1.68. The lowest BCUT2D eigenvalue weighted by atomic mass is 9.85. The van der Waals surface area contributed by atoms with Crippen molar-refractivity contribution in [3.63, 3.8) is 0 Å². The minimum atomic E-state index is 0.932. The van der Waals surface area contributed by atoms with E-state index in [1.54, 1.807) is 0 Å². The molecule has 0 radical (unpaired) electrons. The molecule has 9 heterocycles. The van der Waals surface area contributed by atoms with Gasteiger partial charge < -0.3 is 4.57 Å². The van der Waals surface area contributed by atoms with Gasteiger partial charge in [-0.2, -0.15) is 0 Å². The molecule has 0 fully saturated rings. The molecule has 0 saturated carbocycles. The number of hydrogen-bond acceptors (Lipinski definition) is 7. The minimum Gasteiger partial charge on any atom is -0.309 e. The molecule has 0 saturated heterocycles. The topological polar surface area (TPSA) is 87.2 Å². The second kappa shape index (κ2) is 38.3. The quantitative estimate of drug-likeness (QED) is 0.0844. The van der Waals surface area contributed by atoms with Crippen LogP contribution in [0.2, 0.25) is 0 Å². The van der Waals surface area contributed by atoms with E-state index in [0.717, 1.165) is 123 Å². The van der Waals surface area contributed by atoms with Gasteiger partial charge in [-0.3, -0.25) is 29.5 Å². The Hall–Kier alpha value is -18.5. The normalized spacial score (nSPS) is 11.3. The largest absolute Gasteiger partial charge is 0.309 e. The molecule has 0 aliphatic heterocycles. The van der Waals surface area contributed by atoms with Crippen LogP contribution in [-0.2, 0) is 0 Å². The third-order valence-electron chi connectivity index (χ3n) is 26.7. The first-order valence-corrected chi connectivity index (χ1v) is 48.3. The number of nitrogens with zero attached hydrogens (tertiary/aromatic N) is 8. The van der Waals surface area contributed by atoms with E-state index in [1.165, 1.54) is 120 Å². The lowest BCUT2D eigenvalue weighted by molar-refractivity contribution is 1.08. The Balaban J connectivity index is 0.000000118. The van der Waals surface area contributed by atoms with Crippen LogP contribution in [0.25, 0.3) is 242 Å². The highest BCUT2D eigenvalue weighted by Crippen LogP contribution is 2.49. The zero-order valence-corrected chi connectivity index (χ0v) is 77.6. The Morgan fingerprint density at radius 1 is 0.156 bits per heavy atom. The highest BCUT2D eigenvalue weighted by atomic mass is 32.1. The molecule has 0 bridgehead atoms. The number of benzene rings is 17. The molecule has 0 aliphatic carbocycles. The van der Waals surface area contributed by atoms with Gasteiger partial charge in [-0.15, -0.1) is 11.3 Å². The first kappa shape index (κ1) is 85.4. The van der Waals surface area contributed by atoms with E-state index in [1.807, 2.05) is 122 Å². The van der Waals surface area contributed by atoms with Gasteiger partial charge in [-0.05, 0) is 326 Å². The van der Waals surface area contributed by atoms with Gasteiger partial charge in [-0.25, -0.2) is 4.98 Å². The van der Waals surface area contributed by atoms with E-state index in [-0.39, 0.29) is 0 Å². The molecule has 141 heavy (non-hydrogen) atoms. The molecule has 8 nitrogen and oxygen atoms in total. The summed E-state index contributed by atoms with van der Waals surface area (Å²) in [4.78, 5) is 29.3. The summed E-state index contributed by atoms with van der Waals surface area (Å²) in [6.45, 7) is 0. The molecule has 0 aliphatic rings. The summed E-state index contributed by atoms with van der Waals surface area (Å²) in [6, 6.07) is 170. The summed E-state index contributed by atoms with van der Waals surface area (Å²) in [7, 11) is 0. The van der Waals surface area contributed by atoms with Crippen molar-refractivity contribution in [2.45, 2.75) is 0 Å². The van der Waals surface area contributed by atoms with Crippen LogP contribution in [0.5, 0.6) is 0 Å². The van der Waals surface area contributed by atoms with Crippen molar-refractivity contribution in [2.24, 2.45) is 0 Å². The summed E-state index contributed by atoms with van der Waals surface area (Å²) in [5.74, 6) is 0.932. The molecular weight excluding hydrogens is 1730 g/mol. The highest BCUT2D eigenvalue weighted by Gasteiger charge is 2.23. The molecular formula is C132H88N8S. The van der Waals surface area contributed by atoms with Crippen molar-refractivity contribution in [1.82, 2.24) is 39.0 Å². The smallest absolute Gasteiger partial charge is 0.137 e. The first-order valence-electron chi connectivity index (χ1n) is 47.5. The van der Waals surface area contributed by atoms with Crippen molar-refractivity contribution in [3.05, 3.63) is 535 Å². The fourth-order valence-corrected chi connectivity index (χ4v) is 21.0. The van der Waals surface area contributed by atoms with Gasteiger partial charge in [-0.1, -0.05) is 291 Å². The standard InChI is InChI=1S/C56H38N4.C41H27NS.C35H23N3/c1-9-39(47-17-5-21-57-35-47)25-43(13-1)51-29-52(44-14-2-10-40(26-44)48-18-6-22-58-36-48)32-55(31-51)56-33-53(45-15-3-11-41(27-45)49-19-7-23-59-37-49)30-54(34-56)46-16-4-12-42(28-46)50-20-8-24-60-38-50;1-3-12-28(13-4-1)40-33-18-7-8-19-34(33)41(29-14-5-2-6-15-29)36-27-32(21-22-35(36)40)39-24-23-38(43-39)31-17-11-16-30(26-31)37-20-9-10-25-42-37;1-2-10-26(11-3-1)37-31-14-6-4-12-27(31)29-22-24(17-19-33(29)37)25-18-20-34-30(23-25)28-13-5-7-15-32(28)38(34)35-16-8-9-21-36-35/h1-38H;1-27H;1-23H. The van der Waals surface area contributed by atoms with Crippen molar-refractivity contribution in [2.75, 3.05) is 0 Å². The van der Waals surface area contributed by atoms with E-state index in [4.69, 9.17) is 0 Å². The van der Waals surface area contributed by atoms with Gasteiger partial charge in [0.05, 0.1) is 27.8 Å². The zero-order valence-electron chi connectivity index (χ0n) is 76.8. The first-order chi connectivity index (χ1) is 69.9. The van der Waals surface area contributed by atoms with Crippen molar-refractivity contribution < 1.29 is 0 Å². The Morgan fingerprint density at radius 2 is 0.454 bits per heavy atom. The maximum atomic E-state index is 4.65. The van der Waals surface area contributed by atoms with Crippen LogP contribution in [0.4, 0.5) is 0 Å². The summed E-state index contributed by atoms with van der Waals surface area (Å²) >= 11 is 1.84. The molecule has 0 spiro atoms. The maximum Gasteiger partial charge on any atom is 0.137 e. The summed E-state index contributed by atoms with van der Waals surface area (Å²) in [5, 5.41) is 10.1. The fourth-order valence-electron chi connectivity index (χ4n) is 20.0. The number of thiophene rings is 1. The average molecular weight is 1820 g/mol. The van der Waals surface area contributed by atoms with Crippen LogP contribution >= 0.6 is 11.3 Å². The Morgan fingerprint density at radius 3 is 0.879 bits per heavy atom.